The van der Waals surface area contributed by atoms with Crippen molar-refractivity contribution >= 4 is 11.6 Å². The topological polar surface area (TPSA) is 68.5 Å². The van der Waals surface area contributed by atoms with Crippen LogP contribution in [0.3, 0.4) is 0 Å². The Morgan fingerprint density at radius 3 is 2.71 bits per heavy atom. The number of ether oxygens (including phenoxy) is 1. The third kappa shape index (κ3) is 3.63. The van der Waals surface area contributed by atoms with E-state index in [1.54, 1.807) is 0 Å². The highest BCUT2D eigenvalue weighted by molar-refractivity contribution is 5.97. The van der Waals surface area contributed by atoms with Crippen LogP contribution in [-0.4, -0.2) is 29.2 Å². The number of amides is 1. The molecule has 1 unspecified atom stereocenters. The zero-order valence-electron chi connectivity index (χ0n) is 16.1. The van der Waals surface area contributed by atoms with Crippen molar-refractivity contribution in [2.24, 2.45) is 0 Å². The van der Waals surface area contributed by atoms with Crippen LogP contribution in [-0.2, 0) is 4.79 Å². The van der Waals surface area contributed by atoms with Crippen LogP contribution in [0.4, 0.5) is 5.69 Å². The van der Waals surface area contributed by atoms with Crippen LogP contribution >= 0.6 is 0 Å². The summed E-state index contributed by atoms with van der Waals surface area (Å²) in [6, 6.07) is 15.5. The van der Waals surface area contributed by atoms with Gasteiger partial charge in [-0.15, -0.1) is 0 Å². The van der Waals surface area contributed by atoms with Crippen molar-refractivity contribution in [2.75, 3.05) is 18.1 Å². The van der Waals surface area contributed by atoms with Crippen LogP contribution in [0.1, 0.15) is 37.1 Å². The second kappa shape index (κ2) is 7.84. The lowest BCUT2D eigenvalue weighted by Gasteiger charge is -2.18. The molecule has 0 radical (unpaired) electrons. The molecule has 2 aromatic carbocycles. The van der Waals surface area contributed by atoms with E-state index >= 15 is 0 Å². The molecular formula is C22H23N3O3. The molecule has 2 heterocycles. The zero-order valence-corrected chi connectivity index (χ0v) is 16.1. The maximum atomic E-state index is 12.5. The van der Waals surface area contributed by atoms with Crippen molar-refractivity contribution in [2.45, 2.75) is 32.6 Å². The molecule has 0 saturated carbocycles. The van der Waals surface area contributed by atoms with Crippen LogP contribution in [0.5, 0.6) is 5.75 Å². The highest BCUT2D eigenvalue weighted by atomic mass is 16.5. The first kappa shape index (κ1) is 18.2. The normalized spacial score (nSPS) is 16.6. The first-order valence-electron chi connectivity index (χ1n) is 9.58. The minimum atomic E-state index is -0.0967. The lowest BCUT2D eigenvalue weighted by atomic mass is 10.1. The lowest BCUT2D eigenvalue weighted by Crippen LogP contribution is -2.25. The molecule has 4 rings (SSSR count). The Morgan fingerprint density at radius 2 is 1.96 bits per heavy atom. The zero-order chi connectivity index (χ0) is 19.5. The number of para-hydroxylation sites is 1. The molecule has 144 valence electrons. The second-order valence-corrected chi connectivity index (χ2v) is 7.02. The van der Waals surface area contributed by atoms with Crippen LogP contribution < -0.4 is 9.64 Å². The Balaban J connectivity index is 1.49. The Morgan fingerprint density at radius 1 is 1.18 bits per heavy atom. The number of hydrogen-bond donors (Lipinski definition) is 0. The van der Waals surface area contributed by atoms with Crippen LogP contribution in [0.25, 0.3) is 11.4 Å². The molecule has 0 aliphatic carbocycles. The number of nitrogens with zero attached hydrogens (tertiary/aromatic N) is 3. The van der Waals surface area contributed by atoms with E-state index in [9.17, 15) is 4.79 Å². The number of carbonyl (C=O) groups is 1. The van der Waals surface area contributed by atoms with Gasteiger partial charge in [0, 0.05) is 24.2 Å². The predicted octanol–water partition coefficient (Wildman–Crippen LogP) is 4.35. The third-order valence-electron chi connectivity index (χ3n) is 4.91. The van der Waals surface area contributed by atoms with Crippen molar-refractivity contribution in [1.29, 1.82) is 0 Å². The molecule has 3 aromatic rings. The number of hydrogen-bond acceptors (Lipinski definition) is 5. The molecule has 1 fully saturated rings. The molecular weight excluding hydrogens is 354 g/mol. The number of rotatable bonds is 6. The smallest absolute Gasteiger partial charge is 0.232 e. The average molecular weight is 377 g/mol. The van der Waals surface area contributed by atoms with Gasteiger partial charge in [0.2, 0.25) is 17.6 Å². The Hall–Kier alpha value is -3.15. The number of aromatic nitrogens is 2. The lowest BCUT2D eigenvalue weighted by molar-refractivity contribution is -0.117. The van der Waals surface area contributed by atoms with Crippen LogP contribution in [0.2, 0.25) is 0 Å². The van der Waals surface area contributed by atoms with Crippen molar-refractivity contribution in [3.05, 3.63) is 60.0 Å². The molecule has 0 bridgehead atoms. The Bertz CT molecular complexity index is 965. The summed E-state index contributed by atoms with van der Waals surface area (Å²) in [4.78, 5) is 18.9. The predicted molar refractivity (Wildman–Crippen MR) is 106 cm³/mol. The second-order valence-electron chi connectivity index (χ2n) is 7.02. The average Bonchev–Trinajstić information content (AvgIpc) is 3.34. The molecule has 1 atom stereocenters. The van der Waals surface area contributed by atoms with Gasteiger partial charge in [0.05, 0.1) is 12.5 Å². The van der Waals surface area contributed by atoms with Gasteiger partial charge in [-0.3, -0.25) is 4.79 Å². The van der Waals surface area contributed by atoms with Gasteiger partial charge in [-0.05, 0) is 49.2 Å². The van der Waals surface area contributed by atoms with Gasteiger partial charge >= 0.3 is 0 Å². The third-order valence-corrected chi connectivity index (χ3v) is 4.91. The molecule has 28 heavy (non-hydrogen) atoms. The van der Waals surface area contributed by atoms with Gasteiger partial charge in [0.25, 0.3) is 0 Å². The SMILES string of the molecule is CCCOc1ccc(-c2noc(C3CC(=O)N(c4ccccc4C)C3)n2)cc1. The van der Waals surface area contributed by atoms with Gasteiger partial charge in [-0.25, -0.2) is 0 Å². The van der Waals surface area contributed by atoms with E-state index in [0.717, 1.165) is 29.0 Å². The van der Waals surface area contributed by atoms with E-state index in [2.05, 4.69) is 17.1 Å². The molecule has 0 spiro atoms. The molecule has 0 N–H and O–H groups in total. The quantitative estimate of drug-likeness (QED) is 0.639. The van der Waals surface area contributed by atoms with Crippen LogP contribution in [0, 0.1) is 6.92 Å². The van der Waals surface area contributed by atoms with Crippen molar-refractivity contribution in [3.63, 3.8) is 0 Å². The fraction of sp³-hybridized carbons (Fsp3) is 0.318. The van der Waals surface area contributed by atoms with Crippen molar-refractivity contribution in [3.8, 4) is 17.1 Å². The largest absolute Gasteiger partial charge is 0.494 e. The fourth-order valence-electron chi connectivity index (χ4n) is 3.41. The molecule has 6 heteroatoms. The maximum Gasteiger partial charge on any atom is 0.232 e. The summed E-state index contributed by atoms with van der Waals surface area (Å²) in [7, 11) is 0. The summed E-state index contributed by atoms with van der Waals surface area (Å²) >= 11 is 0. The van der Waals surface area contributed by atoms with E-state index in [1.165, 1.54) is 0 Å². The van der Waals surface area contributed by atoms with E-state index in [0.29, 0.717) is 31.3 Å². The van der Waals surface area contributed by atoms with E-state index in [4.69, 9.17) is 9.26 Å². The Labute approximate surface area is 164 Å². The van der Waals surface area contributed by atoms with E-state index in [1.807, 2.05) is 60.4 Å². The van der Waals surface area contributed by atoms with E-state index < -0.39 is 0 Å². The monoisotopic (exact) mass is 377 g/mol. The first-order chi connectivity index (χ1) is 13.7. The van der Waals surface area contributed by atoms with Gasteiger partial charge in [0.15, 0.2) is 0 Å². The summed E-state index contributed by atoms with van der Waals surface area (Å²) in [5.41, 5.74) is 2.88. The minimum Gasteiger partial charge on any atom is -0.494 e. The minimum absolute atomic E-state index is 0.0801. The van der Waals surface area contributed by atoms with Crippen molar-refractivity contribution in [1.82, 2.24) is 10.1 Å². The molecule has 1 aliphatic heterocycles. The maximum absolute atomic E-state index is 12.5. The summed E-state index contributed by atoms with van der Waals surface area (Å²) in [6.07, 6.45) is 1.34. The van der Waals surface area contributed by atoms with Gasteiger partial charge in [-0.1, -0.05) is 30.3 Å². The standard InChI is InChI=1S/C22H23N3O3/c1-3-12-27-18-10-8-16(9-11-18)21-23-22(28-24-21)17-13-20(26)25(14-17)19-7-5-4-6-15(19)2/h4-11,17H,3,12-14H2,1-2H3. The summed E-state index contributed by atoms with van der Waals surface area (Å²) < 4.78 is 11.1. The number of carbonyl (C=O) groups excluding carboxylic acids is 1. The van der Waals surface area contributed by atoms with Crippen LogP contribution in [0.15, 0.2) is 53.1 Å². The van der Waals surface area contributed by atoms with Gasteiger partial charge in [0.1, 0.15) is 5.75 Å². The summed E-state index contributed by atoms with van der Waals surface area (Å²) in [6.45, 7) is 5.33. The fourth-order valence-corrected chi connectivity index (χ4v) is 3.41. The molecule has 1 saturated heterocycles. The molecule has 1 amide bonds. The Kier molecular flexibility index (Phi) is 5.10. The van der Waals surface area contributed by atoms with Gasteiger partial charge < -0.3 is 14.2 Å². The highest BCUT2D eigenvalue weighted by Gasteiger charge is 2.35. The number of aryl methyl sites for hydroxylation is 1. The van der Waals surface area contributed by atoms with Crippen molar-refractivity contribution < 1.29 is 14.1 Å². The summed E-state index contributed by atoms with van der Waals surface area (Å²) in [5, 5.41) is 4.11. The number of anilines is 1. The number of benzene rings is 2. The molecule has 6 nitrogen and oxygen atoms in total. The highest BCUT2D eigenvalue weighted by Crippen LogP contribution is 2.33. The summed E-state index contributed by atoms with van der Waals surface area (Å²) in [5.74, 6) is 1.84. The molecule has 1 aromatic heterocycles. The molecule has 1 aliphatic rings. The van der Waals surface area contributed by atoms with E-state index in [-0.39, 0.29) is 11.8 Å². The first-order valence-corrected chi connectivity index (χ1v) is 9.58. The van der Waals surface area contributed by atoms with Gasteiger partial charge in [-0.2, -0.15) is 4.98 Å².